The summed E-state index contributed by atoms with van der Waals surface area (Å²) < 4.78 is 0. The molecular weight excluding hydrogens is 216 g/mol. The molecule has 1 rings (SSSR count). The van der Waals surface area contributed by atoms with Crippen LogP contribution in [0.25, 0.3) is 0 Å². The van der Waals surface area contributed by atoms with Gasteiger partial charge in [-0.25, -0.2) is 0 Å². The van der Waals surface area contributed by atoms with E-state index in [1.807, 2.05) is 39.5 Å². The third kappa shape index (κ3) is 4.75. The van der Waals surface area contributed by atoms with E-state index in [1.165, 1.54) is 0 Å². The lowest BCUT2D eigenvalue weighted by molar-refractivity contribution is -0.144. The van der Waals surface area contributed by atoms with E-state index in [4.69, 9.17) is 0 Å². The van der Waals surface area contributed by atoms with Gasteiger partial charge in [0.05, 0.1) is 0 Å². The van der Waals surface area contributed by atoms with E-state index >= 15 is 0 Å². The van der Waals surface area contributed by atoms with E-state index < -0.39 is 0 Å². The van der Waals surface area contributed by atoms with Gasteiger partial charge < -0.3 is 9.80 Å². The predicted octanol–water partition coefficient (Wildman–Crippen LogP) is 1.75. The van der Waals surface area contributed by atoms with E-state index in [9.17, 15) is 9.59 Å². The highest BCUT2D eigenvalue weighted by molar-refractivity contribution is 5.82. The highest BCUT2D eigenvalue weighted by Crippen LogP contribution is 2.18. The molecule has 4 heteroatoms. The van der Waals surface area contributed by atoms with Gasteiger partial charge in [0.15, 0.2) is 0 Å². The summed E-state index contributed by atoms with van der Waals surface area (Å²) in [5.41, 5.74) is -0.321. The van der Waals surface area contributed by atoms with Crippen molar-refractivity contribution < 1.29 is 9.59 Å². The Hall–Kier alpha value is -1.06. The first-order valence-electron chi connectivity index (χ1n) is 6.37. The van der Waals surface area contributed by atoms with Crippen LogP contribution in [0, 0.1) is 5.41 Å². The van der Waals surface area contributed by atoms with Gasteiger partial charge in [0.1, 0.15) is 0 Å². The van der Waals surface area contributed by atoms with Crippen LogP contribution in [0.1, 0.15) is 41.5 Å². The summed E-state index contributed by atoms with van der Waals surface area (Å²) in [6.45, 7) is 14.0. The number of nitrogens with zero attached hydrogens (tertiary/aromatic N) is 2. The monoisotopic (exact) mass is 242 g/mol. The van der Waals surface area contributed by atoms with Crippen molar-refractivity contribution in [3.63, 3.8) is 0 Å². The number of hydrogen-bond acceptors (Lipinski definition) is 2. The van der Waals surface area contributed by atoms with Crippen molar-refractivity contribution in [1.82, 2.24) is 9.80 Å². The smallest absolute Gasteiger partial charge is 0.228 e. The average Bonchev–Trinajstić information content (AvgIpc) is 2.29. The maximum atomic E-state index is 11.9. The Balaban J connectivity index is 0.00000121. The number of carbonyl (C=O) groups is 2. The number of piperazine rings is 1. The molecule has 0 spiro atoms. The molecule has 1 aliphatic heterocycles. The molecule has 0 unspecified atom stereocenters. The third-order valence-corrected chi connectivity index (χ3v) is 2.65. The second kappa shape index (κ2) is 6.62. The minimum absolute atomic E-state index is 0.0952. The molecule has 17 heavy (non-hydrogen) atoms. The zero-order chi connectivity index (χ0) is 13.6. The van der Waals surface area contributed by atoms with Crippen LogP contribution in [-0.2, 0) is 9.59 Å². The summed E-state index contributed by atoms with van der Waals surface area (Å²) in [5.74, 6) is 0.267. The van der Waals surface area contributed by atoms with Crippen LogP contribution >= 0.6 is 0 Å². The van der Waals surface area contributed by atoms with Gasteiger partial charge in [-0.2, -0.15) is 0 Å². The first kappa shape index (κ1) is 15.9. The Labute approximate surface area is 105 Å². The normalized spacial score (nSPS) is 16.1. The van der Waals surface area contributed by atoms with Crippen molar-refractivity contribution in [2.24, 2.45) is 5.41 Å². The predicted molar refractivity (Wildman–Crippen MR) is 69.6 cm³/mol. The lowest BCUT2D eigenvalue weighted by Crippen LogP contribution is -2.52. The molecule has 0 bridgehead atoms. The van der Waals surface area contributed by atoms with Crippen LogP contribution in [-0.4, -0.2) is 47.8 Å². The minimum Gasteiger partial charge on any atom is -0.339 e. The van der Waals surface area contributed by atoms with Crippen LogP contribution in [0.3, 0.4) is 0 Å². The van der Waals surface area contributed by atoms with Crippen molar-refractivity contribution in [3.05, 3.63) is 0 Å². The second-order valence-corrected chi connectivity index (χ2v) is 5.05. The molecule has 0 N–H and O–H groups in total. The lowest BCUT2D eigenvalue weighted by Gasteiger charge is -2.37. The Bertz CT molecular complexity index is 261. The van der Waals surface area contributed by atoms with Gasteiger partial charge in [0, 0.05) is 38.5 Å². The summed E-state index contributed by atoms with van der Waals surface area (Å²) in [6.07, 6.45) is 0. The average molecular weight is 242 g/mol. The molecule has 1 saturated heterocycles. The number of rotatable bonds is 0. The first-order chi connectivity index (χ1) is 7.82. The number of carbonyl (C=O) groups excluding carboxylic acids is 2. The molecule has 1 heterocycles. The molecule has 0 aromatic rings. The maximum Gasteiger partial charge on any atom is 0.228 e. The molecule has 0 aromatic heterocycles. The van der Waals surface area contributed by atoms with E-state index in [0.717, 1.165) is 0 Å². The molecular formula is C13H26N2O2. The zero-order valence-corrected chi connectivity index (χ0v) is 12.0. The fraction of sp³-hybridized carbons (Fsp3) is 0.846. The zero-order valence-electron chi connectivity index (χ0n) is 12.0. The molecule has 1 fully saturated rings. The van der Waals surface area contributed by atoms with Crippen molar-refractivity contribution in [2.45, 2.75) is 41.5 Å². The van der Waals surface area contributed by atoms with Crippen molar-refractivity contribution in [3.8, 4) is 0 Å². The molecule has 2 amide bonds. The van der Waals surface area contributed by atoms with Gasteiger partial charge in [-0.15, -0.1) is 0 Å². The van der Waals surface area contributed by atoms with Crippen LogP contribution in [0.4, 0.5) is 0 Å². The van der Waals surface area contributed by atoms with Crippen LogP contribution in [0.15, 0.2) is 0 Å². The van der Waals surface area contributed by atoms with Crippen LogP contribution in [0.5, 0.6) is 0 Å². The van der Waals surface area contributed by atoms with Gasteiger partial charge in [0.25, 0.3) is 0 Å². The Morgan fingerprint density at radius 2 is 1.24 bits per heavy atom. The van der Waals surface area contributed by atoms with E-state index in [0.29, 0.717) is 26.2 Å². The van der Waals surface area contributed by atoms with E-state index in [1.54, 1.807) is 11.8 Å². The lowest BCUT2D eigenvalue weighted by atomic mass is 9.94. The molecule has 4 nitrogen and oxygen atoms in total. The van der Waals surface area contributed by atoms with Gasteiger partial charge in [-0.1, -0.05) is 34.6 Å². The molecule has 0 radical (unpaired) electrons. The Kier molecular flexibility index (Phi) is 6.21. The summed E-state index contributed by atoms with van der Waals surface area (Å²) >= 11 is 0. The summed E-state index contributed by atoms with van der Waals surface area (Å²) in [6, 6.07) is 0. The standard InChI is InChI=1S/C11H20N2O2.C2H6/c1-9(14)12-5-7-13(8-6-12)10(15)11(2,3)4;1-2/h5-8H2,1-4H3;1-2H3. The minimum atomic E-state index is -0.321. The van der Waals surface area contributed by atoms with Crippen molar-refractivity contribution in [1.29, 1.82) is 0 Å². The fourth-order valence-electron chi connectivity index (χ4n) is 1.70. The SMILES string of the molecule is CC.CC(=O)N1CCN(C(=O)C(C)(C)C)CC1. The number of hydrogen-bond donors (Lipinski definition) is 0. The van der Waals surface area contributed by atoms with E-state index in [2.05, 4.69) is 0 Å². The van der Waals surface area contributed by atoms with Crippen molar-refractivity contribution >= 4 is 11.8 Å². The summed E-state index contributed by atoms with van der Waals surface area (Å²) in [5, 5.41) is 0. The molecule has 100 valence electrons. The van der Waals surface area contributed by atoms with Gasteiger partial charge >= 0.3 is 0 Å². The first-order valence-corrected chi connectivity index (χ1v) is 6.37. The second-order valence-electron chi connectivity index (χ2n) is 5.05. The van der Waals surface area contributed by atoms with Crippen molar-refractivity contribution in [2.75, 3.05) is 26.2 Å². The highest BCUT2D eigenvalue weighted by Gasteiger charge is 2.29. The quantitative estimate of drug-likeness (QED) is 0.649. The van der Waals surface area contributed by atoms with E-state index in [-0.39, 0.29) is 17.2 Å². The number of amides is 2. The highest BCUT2D eigenvalue weighted by atomic mass is 16.2. The van der Waals surface area contributed by atoms with Crippen LogP contribution < -0.4 is 0 Å². The summed E-state index contributed by atoms with van der Waals surface area (Å²) in [4.78, 5) is 26.6. The molecule has 0 aromatic carbocycles. The Morgan fingerprint density at radius 1 is 0.882 bits per heavy atom. The van der Waals surface area contributed by atoms with Gasteiger partial charge in [-0.3, -0.25) is 9.59 Å². The van der Waals surface area contributed by atoms with Gasteiger partial charge in [-0.05, 0) is 0 Å². The maximum absolute atomic E-state index is 11.9. The topological polar surface area (TPSA) is 40.6 Å². The molecule has 0 aliphatic carbocycles. The fourth-order valence-corrected chi connectivity index (χ4v) is 1.70. The third-order valence-electron chi connectivity index (χ3n) is 2.65. The summed E-state index contributed by atoms with van der Waals surface area (Å²) in [7, 11) is 0. The largest absolute Gasteiger partial charge is 0.339 e. The van der Waals surface area contributed by atoms with Crippen LogP contribution in [0.2, 0.25) is 0 Å². The molecule has 0 atom stereocenters. The van der Waals surface area contributed by atoms with Gasteiger partial charge in [0.2, 0.25) is 11.8 Å². The Morgan fingerprint density at radius 3 is 1.53 bits per heavy atom. The molecule has 1 aliphatic rings. The molecule has 0 saturated carbocycles.